The van der Waals surface area contributed by atoms with Crippen LogP contribution in [0.25, 0.3) is 5.69 Å². The minimum Gasteiger partial charge on any atom is -0.219 e. The van der Waals surface area contributed by atoms with E-state index >= 15 is 0 Å². The van der Waals surface area contributed by atoms with Crippen molar-refractivity contribution in [1.82, 2.24) is 9.78 Å². The van der Waals surface area contributed by atoms with Crippen molar-refractivity contribution in [2.45, 2.75) is 17.7 Å². The maximum Gasteiger partial charge on any atom is 0.416 e. The van der Waals surface area contributed by atoms with E-state index < -0.39 is 11.7 Å². The molecule has 1 aromatic heterocycles. The van der Waals surface area contributed by atoms with E-state index in [1.54, 1.807) is 0 Å². The summed E-state index contributed by atoms with van der Waals surface area (Å²) in [7, 11) is -0.0643. The zero-order valence-electron chi connectivity index (χ0n) is 10.8. The van der Waals surface area contributed by atoms with Crippen LogP contribution in [0.4, 0.5) is 13.2 Å². The maximum atomic E-state index is 12.8. The zero-order chi connectivity index (χ0) is 16.2. The van der Waals surface area contributed by atoms with Crippen LogP contribution in [0.3, 0.4) is 0 Å². The normalized spacial score (nSPS) is 17.8. The minimum atomic E-state index is -4.52. The van der Waals surface area contributed by atoms with Crippen LogP contribution in [-0.2, 0) is 17.7 Å². The van der Waals surface area contributed by atoms with Gasteiger partial charge in [-0.1, -0.05) is 40.7 Å². The molecule has 1 atom stereocenters. The number of aromatic nitrogens is 2. The number of benzene rings is 1. The van der Waals surface area contributed by atoms with Crippen molar-refractivity contribution in [3.63, 3.8) is 0 Å². The predicted octanol–water partition coefficient (Wildman–Crippen LogP) is 5.57. The van der Waals surface area contributed by atoms with Crippen LogP contribution >= 0.6 is 45.3 Å². The van der Waals surface area contributed by atoms with Crippen LogP contribution in [-0.4, -0.2) is 15.7 Å². The van der Waals surface area contributed by atoms with Gasteiger partial charge in [0.25, 0.3) is 0 Å². The summed E-state index contributed by atoms with van der Waals surface area (Å²) in [5.41, 5.74) is 0.878. The third-order valence-electron chi connectivity index (χ3n) is 3.25. The Hall–Kier alpha value is -0.690. The average Bonchev–Trinajstić information content (AvgIpc) is 2.87. The van der Waals surface area contributed by atoms with Gasteiger partial charge < -0.3 is 0 Å². The average molecular weight is 388 g/mol. The fourth-order valence-corrected chi connectivity index (χ4v) is 4.72. The van der Waals surface area contributed by atoms with Crippen molar-refractivity contribution in [1.29, 1.82) is 0 Å². The number of nitrogens with zero attached hydrogens (tertiary/aromatic N) is 2. The molecule has 2 nitrogen and oxygen atoms in total. The molecule has 0 amide bonds. The van der Waals surface area contributed by atoms with Crippen molar-refractivity contribution in [2.75, 3.05) is 0 Å². The molecule has 0 spiro atoms. The molecule has 1 aliphatic heterocycles. The van der Waals surface area contributed by atoms with Crippen LogP contribution in [0.5, 0.6) is 0 Å². The molecule has 1 unspecified atom stereocenters. The van der Waals surface area contributed by atoms with E-state index in [9.17, 15) is 13.2 Å². The second-order valence-electron chi connectivity index (χ2n) is 4.82. The lowest BCUT2D eigenvalue weighted by Gasteiger charge is -2.13. The van der Waals surface area contributed by atoms with Gasteiger partial charge in [-0.2, -0.15) is 28.8 Å². The molecule has 118 valence electrons. The number of halogens is 6. The first-order valence-electron chi connectivity index (χ1n) is 5.98. The number of hydrogen-bond acceptors (Lipinski definition) is 1. The molecule has 0 bridgehead atoms. The first-order chi connectivity index (χ1) is 10.2. The quantitative estimate of drug-likeness (QED) is 0.585. The minimum absolute atomic E-state index is 0.0643. The number of rotatable bonds is 1. The molecule has 0 saturated heterocycles. The highest BCUT2D eigenvalue weighted by molar-refractivity contribution is 8.12. The molecule has 0 N–H and O–H groups in total. The summed E-state index contributed by atoms with van der Waals surface area (Å²) in [5, 5.41) is 4.33. The molecule has 0 radical (unpaired) electrons. The third kappa shape index (κ3) is 2.66. The van der Waals surface area contributed by atoms with Gasteiger partial charge in [-0.15, -0.1) is 0 Å². The van der Waals surface area contributed by atoms with Gasteiger partial charge in [-0.05, 0) is 12.1 Å². The van der Waals surface area contributed by atoms with E-state index in [0.717, 1.165) is 23.4 Å². The summed E-state index contributed by atoms with van der Waals surface area (Å²) < 4.78 is 39.6. The van der Waals surface area contributed by atoms with E-state index in [4.69, 9.17) is 34.8 Å². The van der Waals surface area contributed by atoms with Gasteiger partial charge in [-0.3, -0.25) is 0 Å². The molecule has 9 heteroatoms. The van der Waals surface area contributed by atoms with E-state index in [1.807, 2.05) is 0 Å². The molecule has 2 aromatic rings. The Morgan fingerprint density at radius 3 is 2.23 bits per heavy atom. The second-order valence-corrected chi connectivity index (χ2v) is 7.79. The lowest BCUT2D eigenvalue weighted by Crippen LogP contribution is -2.07. The van der Waals surface area contributed by atoms with Crippen molar-refractivity contribution in [3.05, 3.63) is 44.2 Å². The van der Waals surface area contributed by atoms with Gasteiger partial charge in [-0.25, -0.2) is 4.68 Å². The number of fused-ring (bicyclic) bond motifs is 1. The van der Waals surface area contributed by atoms with Crippen molar-refractivity contribution >= 4 is 51.2 Å². The smallest absolute Gasteiger partial charge is 0.219 e. The van der Waals surface area contributed by atoms with Gasteiger partial charge in [0.05, 0.1) is 21.3 Å². The number of alkyl halides is 3. The highest BCUT2D eigenvalue weighted by Gasteiger charge is 2.33. The molecular formula is C13H8Cl3F3N2S. The van der Waals surface area contributed by atoms with E-state index in [1.165, 1.54) is 4.68 Å². The highest BCUT2D eigenvalue weighted by atomic mass is 35.5. The predicted molar refractivity (Wildman–Crippen MR) is 85.7 cm³/mol. The lowest BCUT2D eigenvalue weighted by molar-refractivity contribution is -0.137. The largest absolute Gasteiger partial charge is 0.416 e. The number of hydrogen-bond donors (Lipinski definition) is 0. The third-order valence-corrected chi connectivity index (χ3v) is 5.59. The van der Waals surface area contributed by atoms with E-state index in [-0.39, 0.29) is 26.2 Å². The van der Waals surface area contributed by atoms with Gasteiger partial charge >= 0.3 is 6.18 Å². The summed E-state index contributed by atoms with van der Waals surface area (Å²) in [6, 6.07) is 1.63. The van der Waals surface area contributed by atoms with E-state index in [0.29, 0.717) is 16.7 Å². The van der Waals surface area contributed by atoms with Gasteiger partial charge in [0, 0.05) is 17.1 Å². The van der Waals surface area contributed by atoms with Crippen LogP contribution in [0.1, 0.15) is 16.8 Å². The van der Waals surface area contributed by atoms with Crippen molar-refractivity contribution in [3.8, 4) is 5.69 Å². The molecule has 1 aromatic carbocycles. The summed E-state index contributed by atoms with van der Waals surface area (Å²) >= 11 is 18.2. The molecule has 22 heavy (non-hydrogen) atoms. The summed E-state index contributed by atoms with van der Waals surface area (Å²) in [6.45, 7) is 0. The molecule has 0 aliphatic carbocycles. The summed E-state index contributed by atoms with van der Waals surface area (Å²) in [6.07, 6.45) is -4.52. The standard InChI is InChI=1S/C13H8Cl3F3N2S/c1-22-4-7-10(5-22)20-21(12(7)16)11-8(14)2-6(3-9(11)15)13(17,18)19/h2-3H,1,4-5H2. The monoisotopic (exact) mass is 386 g/mol. The zero-order valence-corrected chi connectivity index (χ0v) is 13.9. The van der Waals surface area contributed by atoms with Gasteiger partial charge in [0.2, 0.25) is 0 Å². The lowest BCUT2D eigenvalue weighted by atomic mass is 10.2. The van der Waals surface area contributed by atoms with Gasteiger partial charge in [0.1, 0.15) is 10.8 Å². The summed E-state index contributed by atoms with van der Waals surface area (Å²) in [4.78, 5) is 0. The SMILES string of the molecule is C=S1Cc2nn(-c3c(Cl)cc(C(F)(F)F)cc3Cl)c(Cl)c2C1. The Bertz CT molecular complexity index is 776. The molecular weight excluding hydrogens is 380 g/mol. The second kappa shape index (κ2) is 5.44. The first kappa shape index (κ1) is 16.2. The Labute approximate surface area is 141 Å². The van der Waals surface area contributed by atoms with Crippen LogP contribution in [0.15, 0.2) is 12.1 Å². The topological polar surface area (TPSA) is 17.8 Å². The Morgan fingerprint density at radius 1 is 1.14 bits per heavy atom. The highest BCUT2D eigenvalue weighted by Crippen LogP contribution is 2.42. The van der Waals surface area contributed by atoms with Gasteiger partial charge in [0.15, 0.2) is 0 Å². The Balaban J connectivity index is 2.15. The van der Waals surface area contributed by atoms with Crippen LogP contribution in [0.2, 0.25) is 15.2 Å². The summed E-state index contributed by atoms with van der Waals surface area (Å²) in [5.74, 6) is 5.38. The molecule has 2 heterocycles. The van der Waals surface area contributed by atoms with E-state index in [2.05, 4.69) is 11.0 Å². The Kier molecular flexibility index (Phi) is 4.00. The molecule has 1 aliphatic rings. The van der Waals surface area contributed by atoms with Crippen LogP contribution in [0, 0.1) is 0 Å². The maximum absolute atomic E-state index is 12.8. The van der Waals surface area contributed by atoms with Crippen LogP contribution < -0.4 is 0 Å². The molecule has 0 fully saturated rings. The fourth-order valence-electron chi connectivity index (χ4n) is 2.26. The van der Waals surface area contributed by atoms with Crippen molar-refractivity contribution in [2.24, 2.45) is 0 Å². The fraction of sp³-hybridized carbons (Fsp3) is 0.231. The molecule has 3 rings (SSSR count). The van der Waals surface area contributed by atoms with Crippen molar-refractivity contribution < 1.29 is 13.2 Å². The Morgan fingerprint density at radius 2 is 1.73 bits per heavy atom. The first-order valence-corrected chi connectivity index (χ1v) is 8.85. The molecule has 0 saturated carbocycles.